The van der Waals surface area contributed by atoms with Crippen LogP contribution >= 0.6 is 0 Å². The van der Waals surface area contributed by atoms with E-state index < -0.39 is 0 Å². The second-order valence-corrected chi connectivity index (χ2v) is 4.52. The molecule has 0 bridgehead atoms. The largest absolute Gasteiger partial charge is 0.483 e. The van der Waals surface area contributed by atoms with Gasteiger partial charge in [-0.05, 0) is 37.9 Å². The highest BCUT2D eigenvalue weighted by Crippen LogP contribution is 2.26. The SMILES string of the molecule is CCNCc1cccc(F)c1OC1C=CCCC1. The third-order valence-electron chi connectivity index (χ3n) is 3.09. The molecule has 1 aromatic carbocycles. The summed E-state index contributed by atoms with van der Waals surface area (Å²) < 4.78 is 19.7. The summed E-state index contributed by atoms with van der Waals surface area (Å²) in [6, 6.07) is 5.09. The quantitative estimate of drug-likeness (QED) is 0.807. The van der Waals surface area contributed by atoms with E-state index in [1.165, 1.54) is 6.07 Å². The third kappa shape index (κ3) is 3.33. The van der Waals surface area contributed by atoms with Crippen LogP contribution in [0.1, 0.15) is 31.7 Å². The lowest BCUT2D eigenvalue weighted by Crippen LogP contribution is -2.19. The summed E-state index contributed by atoms with van der Waals surface area (Å²) in [6.45, 7) is 3.53. The minimum absolute atomic E-state index is 0.0102. The fraction of sp³-hybridized carbons (Fsp3) is 0.467. The lowest BCUT2D eigenvalue weighted by Gasteiger charge is -2.21. The number of halogens is 1. The molecule has 1 aliphatic rings. The number of hydrogen-bond donors (Lipinski definition) is 1. The Balaban J connectivity index is 2.13. The molecule has 1 atom stereocenters. The van der Waals surface area contributed by atoms with Crippen LogP contribution in [0, 0.1) is 5.82 Å². The van der Waals surface area contributed by atoms with Crippen molar-refractivity contribution >= 4 is 0 Å². The van der Waals surface area contributed by atoms with E-state index in [2.05, 4.69) is 11.4 Å². The number of allylic oxidation sites excluding steroid dienone is 1. The van der Waals surface area contributed by atoms with Gasteiger partial charge in [-0.15, -0.1) is 0 Å². The number of para-hydroxylation sites is 1. The van der Waals surface area contributed by atoms with Crippen LogP contribution in [0.15, 0.2) is 30.4 Å². The van der Waals surface area contributed by atoms with Crippen molar-refractivity contribution in [3.05, 3.63) is 41.7 Å². The van der Waals surface area contributed by atoms with Gasteiger partial charge in [0, 0.05) is 12.1 Å². The molecule has 98 valence electrons. The van der Waals surface area contributed by atoms with Crippen LogP contribution in [0.2, 0.25) is 0 Å². The van der Waals surface area contributed by atoms with Crippen LogP contribution in [0.4, 0.5) is 4.39 Å². The summed E-state index contributed by atoms with van der Waals surface area (Å²) in [5.74, 6) is 0.124. The second kappa shape index (κ2) is 6.55. The molecule has 1 aromatic rings. The first-order chi connectivity index (χ1) is 8.81. The van der Waals surface area contributed by atoms with E-state index in [-0.39, 0.29) is 11.9 Å². The standard InChI is InChI=1S/C15H20FNO/c1-2-17-11-12-7-6-10-14(16)15(12)18-13-8-4-3-5-9-13/h4,6-8,10,13,17H,2-3,5,9,11H2,1H3. The predicted molar refractivity (Wildman–Crippen MR) is 71.2 cm³/mol. The fourth-order valence-corrected chi connectivity index (χ4v) is 2.12. The first-order valence-electron chi connectivity index (χ1n) is 6.62. The molecule has 18 heavy (non-hydrogen) atoms. The molecule has 0 saturated heterocycles. The number of nitrogens with one attached hydrogen (secondary N) is 1. The molecule has 2 nitrogen and oxygen atoms in total. The summed E-state index contributed by atoms with van der Waals surface area (Å²) in [5.41, 5.74) is 0.885. The zero-order valence-electron chi connectivity index (χ0n) is 10.8. The summed E-state index contributed by atoms with van der Waals surface area (Å²) in [4.78, 5) is 0. The Kier molecular flexibility index (Phi) is 4.76. The van der Waals surface area contributed by atoms with Crippen molar-refractivity contribution in [2.45, 2.75) is 38.8 Å². The third-order valence-corrected chi connectivity index (χ3v) is 3.09. The van der Waals surface area contributed by atoms with Crippen LogP contribution in [-0.4, -0.2) is 12.6 Å². The van der Waals surface area contributed by atoms with Gasteiger partial charge in [-0.1, -0.05) is 25.1 Å². The molecular formula is C15H20FNO. The van der Waals surface area contributed by atoms with Gasteiger partial charge in [0.1, 0.15) is 6.10 Å². The average Bonchev–Trinajstić information content (AvgIpc) is 2.41. The zero-order valence-corrected chi connectivity index (χ0v) is 10.8. The van der Waals surface area contributed by atoms with Gasteiger partial charge in [-0.2, -0.15) is 0 Å². The Hall–Kier alpha value is -1.35. The van der Waals surface area contributed by atoms with E-state index in [0.29, 0.717) is 12.3 Å². The maximum atomic E-state index is 13.9. The topological polar surface area (TPSA) is 21.3 Å². The first-order valence-corrected chi connectivity index (χ1v) is 6.62. The van der Waals surface area contributed by atoms with E-state index in [4.69, 9.17) is 4.74 Å². The molecule has 0 radical (unpaired) electrons. The molecule has 0 aromatic heterocycles. The van der Waals surface area contributed by atoms with Crippen molar-refractivity contribution in [2.75, 3.05) is 6.54 Å². The number of rotatable bonds is 5. The van der Waals surface area contributed by atoms with Crippen LogP contribution in [-0.2, 0) is 6.54 Å². The minimum Gasteiger partial charge on any atom is -0.483 e. The summed E-state index contributed by atoms with van der Waals surface area (Å²) in [5, 5.41) is 3.20. The second-order valence-electron chi connectivity index (χ2n) is 4.52. The number of benzene rings is 1. The minimum atomic E-state index is -0.274. The maximum Gasteiger partial charge on any atom is 0.165 e. The van der Waals surface area contributed by atoms with Crippen molar-refractivity contribution in [1.82, 2.24) is 5.32 Å². The Labute approximate surface area is 108 Å². The van der Waals surface area contributed by atoms with E-state index in [1.54, 1.807) is 6.07 Å². The molecule has 3 heteroatoms. The number of hydrogen-bond acceptors (Lipinski definition) is 2. The maximum absolute atomic E-state index is 13.9. The molecule has 0 fully saturated rings. The Morgan fingerprint density at radius 1 is 1.44 bits per heavy atom. The van der Waals surface area contributed by atoms with E-state index in [9.17, 15) is 4.39 Å². The molecular weight excluding hydrogens is 229 g/mol. The normalized spacial score (nSPS) is 18.9. The van der Waals surface area contributed by atoms with Gasteiger partial charge in [0.25, 0.3) is 0 Å². The monoisotopic (exact) mass is 249 g/mol. The molecule has 1 aliphatic carbocycles. The van der Waals surface area contributed by atoms with Gasteiger partial charge >= 0.3 is 0 Å². The first kappa shape index (κ1) is 13.1. The van der Waals surface area contributed by atoms with Gasteiger partial charge in [0.2, 0.25) is 0 Å². The molecule has 0 spiro atoms. The van der Waals surface area contributed by atoms with Crippen LogP contribution < -0.4 is 10.1 Å². The van der Waals surface area contributed by atoms with Gasteiger partial charge in [-0.3, -0.25) is 0 Å². The van der Waals surface area contributed by atoms with Crippen molar-refractivity contribution in [3.63, 3.8) is 0 Å². The van der Waals surface area contributed by atoms with E-state index >= 15 is 0 Å². The highest BCUT2D eigenvalue weighted by molar-refractivity contribution is 5.35. The van der Waals surface area contributed by atoms with Gasteiger partial charge < -0.3 is 10.1 Å². The Bertz CT molecular complexity index is 417. The van der Waals surface area contributed by atoms with Gasteiger partial charge in [-0.25, -0.2) is 4.39 Å². The Morgan fingerprint density at radius 2 is 2.33 bits per heavy atom. The van der Waals surface area contributed by atoms with E-state index in [1.807, 2.05) is 19.1 Å². The molecule has 1 unspecified atom stereocenters. The molecule has 0 saturated carbocycles. The molecule has 0 amide bonds. The van der Waals surface area contributed by atoms with E-state index in [0.717, 1.165) is 31.4 Å². The predicted octanol–water partition coefficient (Wildman–Crippen LogP) is 3.42. The van der Waals surface area contributed by atoms with Gasteiger partial charge in [0.05, 0.1) is 0 Å². The van der Waals surface area contributed by atoms with Crippen molar-refractivity contribution in [2.24, 2.45) is 0 Å². The summed E-state index contributed by atoms with van der Waals surface area (Å²) in [7, 11) is 0. The molecule has 1 N–H and O–H groups in total. The molecule has 0 aliphatic heterocycles. The summed E-state index contributed by atoms with van der Waals surface area (Å²) >= 11 is 0. The average molecular weight is 249 g/mol. The smallest absolute Gasteiger partial charge is 0.165 e. The highest BCUT2D eigenvalue weighted by atomic mass is 19.1. The lowest BCUT2D eigenvalue weighted by molar-refractivity contribution is 0.217. The number of ether oxygens (including phenoxy) is 1. The molecule has 0 heterocycles. The zero-order chi connectivity index (χ0) is 12.8. The van der Waals surface area contributed by atoms with Crippen LogP contribution in [0.5, 0.6) is 5.75 Å². The van der Waals surface area contributed by atoms with Crippen molar-refractivity contribution in [3.8, 4) is 5.75 Å². The highest BCUT2D eigenvalue weighted by Gasteiger charge is 2.15. The fourth-order valence-electron chi connectivity index (χ4n) is 2.12. The summed E-state index contributed by atoms with van der Waals surface area (Å²) in [6.07, 6.45) is 7.33. The van der Waals surface area contributed by atoms with Crippen molar-refractivity contribution in [1.29, 1.82) is 0 Å². The Morgan fingerprint density at radius 3 is 3.06 bits per heavy atom. The van der Waals surface area contributed by atoms with Crippen LogP contribution in [0.25, 0.3) is 0 Å². The van der Waals surface area contributed by atoms with Crippen LogP contribution in [0.3, 0.4) is 0 Å². The lowest BCUT2D eigenvalue weighted by atomic mass is 10.1. The molecule has 2 rings (SSSR count). The van der Waals surface area contributed by atoms with Crippen molar-refractivity contribution < 1.29 is 9.13 Å². The van der Waals surface area contributed by atoms with Gasteiger partial charge in [0.15, 0.2) is 11.6 Å².